The fourth-order valence-electron chi connectivity index (χ4n) is 3.28. The molecule has 3 nitrogen and oxygen atoms in total. The van der Waals surface area contributed by atoms with Crippen LogP contribution in [0.4, 0.5) is 0 Å². The minimum absolute atomic E-state index is 0.0417. The lowest BCUT2D eigenvalue weighted by Gasteiger charge is -2.20. The molecule has 1 aliphatic rings. The summed E-state index contributed by atoms with van der Waals surface area (Å²) < 4.78 is 7.66. The molecule has 2 N–H and O–H groups in total. The first-order chi connectivity index (χ1) is 9.45. The third-order valence-electron chi connectivity index (χ3n) is 4.28. The predicted molar refractivity (Wildman–Crippen MR) is 82.2 cm³/mol. The minimum atomic E-state index is 0.0417. The molecule has 0 fully saturated rings. The number of aromatic nitrogens is 1. The van der Waals surface area contributed by atoms with Crippen LogP contribution in [-0.4, -0.2) is 17.7 Å². The van der Waals surface area contributed by atoms with Crippen molar-refractivity contribution < 1.29 is 4.74 Å². The van der Waals surface area contributed by atoms with E-state index in [4.69, 9.17) is 10.5 Å². The third-order valence-corrected chi connectivity index (χ3v) is 4.28. The molecule has 1 aliphatic carbocycles. The van der Waals surface area contributed by atoms with Gasteiger partial charge in [-0.05, 0) is 36.2 Å². The van der Waals surface area contributed by atoms with Crippen LogP contribution in [0.25, 0.3) is 11.3 Å². The van der Waals surface area contributed by atoms with Crippen LogP contribution in [0.1, 0.15) is 31.9 Å². The molecule has 0 aliphatic heterocycles. The van der Waals surface area contributed by atoms with Crippen molar-refractivity contribution in [1.82, 2.24) is 4.57 Å². The highest BCUT2D eigenvalue weighted by Crippen LogP contribution is 2.50. The Balaban J connectivity index is 2.22. The van der Waals surface area contributed by atoms with E-state index in [1.54, 1.807) is 7.11 Å². The van der Waals surface area contributed by atoms with Crippen molar-refractivity contribution >= 4 is 0 Å². The normalized spacial score (nSPS) is 16.6. The minimum Gasteiger partial charge on any atom is -0.497 e. The van der Waals surface area contributed by atoms with E-state index in [9.17, 15) is 0 Å². The van der Waals surface area contributed by atoms with Gasteiger partial charge in [0.2, 0.25) is 0 Å². The number of ether oxygens (including phenoxy) is 1. The summed E-state index contributed by atoms with van der Waals surface area (Å²) in [6.45, 7) is 7.43. The number of rotatable bonds is 3. The number of hydrogen-bond donors (Lipinski definition) is 1. The molecule has 0 spiro atoms. The Morgan fingerprint density at radius 2 is 2.00 bits per heavy atom. The molecule has 20 heavy (non-hydrogen) atoms. The number of hydrogen-bond acceptors (Lipinski definition) is 2. The maximum absolute atomic E-state index is 5.98. The highest BCUT2D eigenvalue weighted by atomic mass is 16.5. The Morgan fingerprint density at radius 3 is 2.65 bits per heavy atom. The third kappa shape index (κ3) is 1.77. The average molecular weight is 270 g/mol. The fraction of sp³-hybridized carbons (Fsp3) is 0.412. The quantitative estimate of drug-likeness (QED) is 0.930. The number of nitrogens with two attached hydrogens (primary N) is 1. The van der Waals surface area contributed by atoms with Crippen LogP contribution >= 0.6 is 0 Å². The Bertz CT molecular complexity index is 653. The summed E-state index contributed by atoms with van der Waals surface area (Å²) in [7, 11) is 1.71. The number of nitrogens with zero attached hydrogens (tertiary/aromatic N) is 1. The van der Waals surface area contributed by atoms with Crippen LogP contribution < -0.4 is 10.5 Å². The van der Waals surface area contributed by atoms with Gasteiger partial charge in [-0.25, -0.2) is 0 Å². The van der Waals surface area contributed by atoms with E-state index in [1.807, 2.05) is 13.0 Å². The number of fused-ring (bicyclic) bond motifs is 3. The van der Waals surface area contributed by atoms with E-state index in [-0.39, 0.29) is 11.5 Å². The van der Waals surface area contributed by atoms with Crippen molar-refractivity contribution in [1.29, 1.82) is 0 Å². The highest BCUT2D eigenvalue weighted by molar-refractivity contribution is 5.79. The Morgan fingerprint density at radius 1 is 1.25 bits per heavy atom. The zero-order valence-corrected chi connectivity index (χ0v) is 12.6. The maximum Gasteiger partial charge on any atom is 0.119 e. The molecule has 0 saturated carbocycles. The maximum atomic E-state index is 5.98. The van der Waals surface area contributed by atoms with Gasteiger partial charge in [-0.1, -0.05) is 19.9 Å². The molecule has 0 amide bonds. The fourth-order valence-corrected chi connectivity index (χ4v) is 3.28. The van der Waals surface area contributed by atoms with Gasteiger partial charge in [-0.3, -0.25) is 0 Å². The van der Waals surface area contributed by atoms with E-state index in [0.717, 1.165) is 12.3 Å². The van der Waals surface area contributed by atoms with Gasteiger partial charge in [-0.2, -0.15) is 0 Å². The second-order valence-electron chi connectivity index (χ2n) is 6.24. The molecular formula is C17H22N2O. The lowest BCUT2D eigenvalue weighted by Crippen LogP contribution is -2.22. The largest absolute Gasteiger partial charge is 0.497 e. The van der Waals surface area contributed by atoms with Crippen LogP contribution in [0.15, 0.2) is 30.5 Å². The van der Waals surface area contributed by atoms with Gasteiger partial charge in [0.1, 0.15) is 5.75 Å². The van der Waals surface area contributed by atoms with E-state index in [1.165, 1.54) is 22.4 Å². The SMILES string of the molecule is COc1ccc2c(c1)-c1c(ccn1CC(C)N)C2(C)C. The number of methoxy groups -OCH3 is 1. The first-order valence-corrected chi connectivity index (χ1v) is 7.09. The Hall–Kier alpha value is -1.74. The van der Waals surface area contributed by atoms with Gasteiger partial charge < -0.3 is 15.0 Å². The standard InChI is InChI=1S/C17H22N2O/c1-11(18)10-19-8-7-15-16(19)13-9-12(20-4)5-6-14(13)17(15,2)3/h5-9,11H,10,18H2,1-4H3. The van der Waals surface area contributed by atoms with Crippen molar-refractivity contribution in [3.8, 4) is 17.0 Å². The van der Waals surface area contributed by atoms with Gasteiger partial charge in [0.15, 0.2) is 0 Å². The second-order valence-corrected chi connectivity index (χ2v) is 6.24. The molecule has 1 heterocycles. The molecule has 3 heteroatoms. The Kier molecular flexibility index (Phi) is 2.91. The topological polar surface area (TPSA) is 40.2 Å². The van der Waals surface area contributed by atoms with Crippen LogP contribution in [0.5, 0.6) is 5.75 Å². The summed E-state index contributed by atoms with van der Waals surface area (Å²) >= 11 is 0. The van der Waals surface area contributed by atoms with Crippen molar-refractivity contribution in [2.45, 2.75) is 38.8 Å². The molecule has 1 aromatic heterocycles. The van der Waals surface area contributed by atoms with Crippen molar-refractivity contribution in [3.63, 3.8) is 0 Å². The molecular weight excluding hydrogens is 248 g/mol. The summed E-state index contributed by atoms with van der Waals surface area (Å²) in [5.41, 5.74) is 11.3. The summed E-state index contributed by atoms with van der Waals surface area (Å²) in [5, 5.41) is 0. The van der Waals surface area contributed by atoms with Crippen molar-refractivity contribution in [3.05, 3.63) is 41.6 Å². The predicted octanol–water partition coefficient (Wildman–Crippen LogP) is 3.15. The molecule has 1 unspecified atom stereocenters. The van der Waals surface area contributed by atoms with E-state index >= 15 is 0 Å². The first kappa shape index (κ1) is 13.3. The molecule has 0 bridgehead atoms. The first-order valence-electron chi connectivity index (χ1n) is 7.09. The molecule has 1 atom stereocenters. The molecule has 0 saturated heterocycles. The molecule has 106 valence electrons. The van der Waals surface area contributed by atoms with E-state index < -0.39 is 0 Å². The van der Waals surface area contributed by atoms with Crippen LogP contribution in [-0.2, 0) is 12.0 Å². The zero-order valence-electron chi connectivity index (χ0n) is 12.6. The zero-order chi connectivity index (χ0) is 14.5. The van der Waals surface area contributed by atoms with Gasteiger partial charge in [-0.15, -0.1) is 0 Å². The van der Waals surface area contributed by atoms with E-state index in [0.29, 0.717) is 0 Å². The highest BCUT2D eigenvalue weighted by Gasteiger charge is 2.37. The van der Waals surface area contributed by atoms with Crippen molar-refractivity contribution in [2.75, 3.05) is 7.11 Å². The lowest BCUT2D eigenvalue weighted by atomic mass is 9.83. The molecule has 2 aromatic rings. The van der Waals surface area contributed by atoms with Crippen LogP contribution in [0, 0.1) is 0 Å². The van der Waals surface area contributed by atoms with Crippen LogP contribution in [0.3, 0.4) is 0 Å². The summed E-state index contributed by atoms with van der Waals surface area (Å²) in [6.07, 6.45) is 2.15. The van der Waals surface area contributed by atoms with E-state index in [2.05, 4.69) is 42.8 Å². The van der Waals surface area contributed by atoms with Gasteiger partial charge in [0.25, 0.3) is 0 Å². The van der Waals surface area contributed by atoms with Gasteiger partial charge >= 0.3 is 0 Å². The van der Waals surface area contributed by atoms with Gasteiger partial charge in [0, 0.05) is 29.8 Å². The molecule has 0 radical (unpaired) electrons. The average Bonchev–Trinajstić information content (AvgIpc) is 2.89. The summed E-state index contributed by atoms with van der Waals surface area (Å²) in [4.78, 5) is 0. The second kappa shape index (κ2) is 4.38. The molecule has 1 aromatic carbocycles. The Labute approximate surface area is 120 Å². The monoisotopic (exact) mass is 270 g/mol. The van der Waals surface area contributed by atoms with Gasteiger partial charge in [0.05, 0.1) is 12.8 Å². The molecule has 3 rings (SSSR count). The lowest BCUT2D eigenvalue weighted by molar-refractivity contribution is 0.414. The number of benzene rings is 1. The summed E-state index contributed by atoms with van der Waals surface area (Å²) in [6, 6.07) is 8.74. The summed E-state index contributed by atoms with van der Waals surface area (Å²) in [5.74, 6) is 0.904. The van der Waals surface area contributed by atoms with Crippen molar-refractivity contribution in [2.24, 2.45) is 5.73 Å². The van der Waals surface area contributed by atoms with Crippen LogP contribution in [0.2, 0.25) is 0 Å². The smallest absolute Gasteiger partial charge is 0.119 e.